The number of hydrogen-bond acceptors (Lipinski definition) is 4. The molecule has 1 N–H and O–H groups in total. The van der Waals surface area contributed by atoms with Crippen LogP contribution in [0.5, 0.6) is 0 Å². The second kappa shape index (κ2) is 8.31. The highest BCUT2D eigenvalue weighted by Crippen LogP contribution is 2.36. The van der Waals surface area contributed by atoms with E-state index in [0.29, 0.717) is 17.3 Å². The number of aromatic amines is 1. The van der Waals surface area contributed by atoms with Crippen LogP contribution in [0.4, 0.5) is 13.2 Å². The van der Waals surface area contributed by atoms with Crippen molar-refractivity contribution in [2.45, 2.75) is 37.9 Å². The summed E-state index contributed by atoms with van der Waals surface area (Å²) in [7, 11) is 0. The first-order chi connectivity index (χ1) is 15.9. The Bertz CT molecular complexity index is 1300. The minimum Gasteiger partial charge on any atom is -0.336 e. The number of H-pyrrole nitrogens is 1. The van der Waals surface area contributed by atoms with E-state index in [1.54, 1.807) is 12.4 Å². The topological polar surface area (TPSA) is 72.3 Å². The average molecular weight is 450 g/mol. The molecule has 5 rings (SSSR count). The number of nitrogens with zero attached hydrogens (tertiary/aromatic N) is 5. The van der Waals surface area contributed by atoms with E-state index >= 15 is 0 Å². The van der Waals surface area contributed by atoms with Gasteiger partial charge in [-0.05, 0) is 48.1 Å². The number of pyridine rings is 1. The third-order valence-corrected chi connectivity index (χ3v) is 6.08. The van der Waals surface area contributed by atoms with Crippen molar-refractivity contribution in [1.29, 1.82) is 0 Å². The normalized spacial score (nSPS) is 15.9. The summed E-state index contributed by atoms with van der Waals surface area (Å²) < 4.78 is 41.7. The highest BCUT2D eigenvalue weighted by atomic mass is 19.4. The Hall–Kier alpha value is -3.75. The molecule has 1 aromatic carbocycles. The molecule has 9 heteroatoms. The highest BCUT2D eigenvalue weighted by Gasteiger charge is 2.37. The second-order valence-corrected chi connectivity index (χ2v) is 8.13. The lowest BCUT2D eigenvalue weighted by atomic mass is 9.80. The van der Waals surface area contributed by atoms with Crippen molar-refractivity contribution >= 4 is 6.08 Å². The Balaban J connectivity index is 1.41. The van der Waals surface area contributed by atoms with Crippen LogP contribution < -0.4 is 0 Å². The molecule has 3 aromatic heterocycles. The molecule has 4 aromatic rings. The number of nitrogens with one attached hydrogen (secondary N) is 1. The molecule has 0 radical (unpaired) electrons. The van der Waals surface area contributed by atoms with Gasteiger partial charge in [-0.25, -0.2) is 4.98 Å². The molecule has 0 saturated heterocycles. The fourth-order valence-electron chi connectivity index (χ4n) is 4.55. The third-order valence-electron chi connectivity index (χ3n) is 6.08. The molecular weight excluding hydrogens is 429 g/mol. The minimum absolute atomic E-state index is 0.262. The molecule has 3 heterocycles. The van der Waals surface area contributed by atoms with Crippen molar-refractivity contribution in [3.63, 3.8) is 0 Å². The molecule has 1 aliphatic carbocycles. The maximum atomic E-state index is 13.2. The molecule has 0 unspecified atom stereocenters. The number of fused-ring (bicyclic) bond motifs is 1. The van der Waals surface area contributed by atoms with Gasteiger partial charge in [-0.3, -0.25) is 10.1 Å². The van der Waals surface area contributed by atoms with Gasteiger partial charge in [-0.15, -0.1) is 5.10 Å². The Morgan fingerprint density at radius 1 is 1.18 bits per heavy atom. The van der Waals surface area contributed by atoms with Gasteiger partial charge in [0.2, 0.25) is 0 Å². The summed E-state index contributed by atoms with van der Waals surface area (Å²) >= 11 is 0. The fraction of sp³-hybridized carbons (Fsp3) is 0.250. The lowest BCUT2D eigenvalue weighted by Crippen LogP contribution is -2.15. The molecule has 0 bridgehead atoms. The Morgan fingerprint density at radius 3 is 2.88 bits per heavy atom. The van der Waals surface area contributed by atoms with Crippen molar-refractivity contribution in [3.8, 4) is 22.6 Å². The lowest BCUT2D eigenvalue weighted by Gasteiger charge is -2.27. The van der Waals surface area contributed by atoms with Crippen LogP contribution in [-0.4, -0.2) is 29.9 Å². The predicted molar refractivity (Wildman–Crippen MR) is 118 cm³/mol. The summed E-state index contributed by atoms with van der Waals surface area (Å²) in [4.78, 5) is 8.76. The van der Waals surface area contributed by atoms with Crippen molar-refractivity contribution in [1.82, 2.24) is 29.9 Å². The second-order valence-electron chi connectivity index (χ2n) is 8.13. The maximum Gasteiger partial charge on any atom is 0.435 e. The first kappa shape index (κ1) is 21.1. The summed E-state index contributed by atoms with van der Waals surface area (Å²) in [5.41, 5.74) is 3.99. The molecule has 0 spiro atoms. The zero-order valence-electron chi connectivity index (χ0n) is 17.7. The van der Waals surface area contributed by atoms with Crippen molar-refractivity contribution in [3.05, 3.63) is 78.0 Å². The lowest BCUT2D eigenvalue weighted by molar-refractivity contribution is -0.140. The summed E-state index contributed by atoms with van der Waals surface area (Å²) in [6.07, 6.45) is 5.67. The summed E-state index contributed by atoms with van der Waals surface area (Å²) in [6.45, 7) is 4.70. The SMILES string of the molecule is C=Cc1cccc2c1CCC[C@@H]2Cn1cnc(-c2cc(-c3nn[nH]c3C(F)(F)F)ccn2)c1. The van der Waals surface area contributed by atoms with Gasteiger partial charge in [0.15, 0.2) is 5.69 Å². The van der Waals surface area contributed by atoms with E-state index in [1.165, 1.54) is 29.0 Å². The van der Waals surface area contributed by atoms with Gasteiger partial charge in [0.25, 0.3) is 0 Å². The van der Waals surface area contributed by atoms with E-state index in [4.69, 9.17) is 0 Å². The van der Waals surface area contributed by atoms with Crippen LogP contribution in [0, 0.1) is 0 Å². The first-order valence-corrected chi connectivity index (χ1v) is 10.6. The van der Waals surface area contributed by atoms with E-state index in [-0.39, 0.29) is 11.3 Å². The van der Waals surface area contributed by atoms with Crippen LogP contribution >= 0.6 is 0 Å². The quantitative estimate of drug-likeness (QED) is 0.435. The summed E-state index contributed by atoms with van der Waals surface area (Å²) in [5, 5.41) is 8.88. The molecule has 33 heavy (non-hydrogen) atoms. The Kier molecular flexibility index (Phi) is 5.32. The third kappa shape index (κ3) is 4.06. The van der Waals surface area contributed by atoms with Crippen LogP contribution in [0.25, 0.3) is 28.7 Å². The van der Waals surface area contributed by atoms with Crippen molar-refractivity contribution in [2.75, 3.05) is 0 Å². The van der Waals surface area contributed by atoms with E-state index in [9.17, 15) is 13.2 Å². The van der Waals surface area contributed by atoms with Crippen LogP contribution in [-0.2, 0) is 19.1 Å². The van der Waals surface area contributed by atoms with Crippen LogP contribution in [0.3, 0.4) is 0 Å². The maximum absolute atomic E-state index is 13.2. The molecule has 168 valence electrons. The van der Waals surface area contributed by atoms with E-state index in [2.05, 4.69) is 45.1 Å². The zero-order chi connectivity index (χ0) is 23.0. The van der Waals surface area contributed by atoms with Gasteiger partial charge < -0.3 is 4.57 Å². The summed E-state index contributed by atoms with van der Waals surface area (Å²) in [5.74, 6) is 0.361. The first-order valence-electron chi connectivity index (χ1n) is 10.6. The molecule has 6 nitrogen and oxygen atoms in total. The van der Waals surface area contributed by atoms with E-state index in [1.807, 2.05) is 21.9 Å². The molecule has 0 saturated carbocycles. The minimum atomic E-state index is -4.58. The van der Waals surface area contributed by atoms with Crippen molar-refractivity contribution in [2.24, 2.45) is 0 Å². The van der Waals surface area contributed by atoms with Gasteiger partial charge >= 0.3 is 6.18 Å². The predicted octanol–water partition coefficient (Wildman–Crippen LogP) is 5.51. The van der Waals surface area contributed by atoms with Crippen molar-refractivity contribution < 1.29 is 13.2 Å². The standard InChI is InChI=1S/C24H21F3N6/c1-2-15-5-3-8-19-17(6-4-7-18(15)19)12-33-13-21(29-14-33)20-11-16(9-10-28-20)22-23(24(25,26)27)31-32-30-22/h2-3,5,8-11,13-14,17H,1,4,6-7,12H2,(H,30,31,32)/t17-/m1/s1. The van der Waals surface area contributed by atoms with Gasteiger partial charge in [-0.1, -0.05) is 36.1 Å². The summed E-state index contributed by atoms with van der Waals surface area (Å²) in [6, 6.07) is 9.38. The Labute approximate surface area is 188 Å². The van der Waals surface area contributed by atoms with E-state index in [0.717, 1.165) is 25.8 Å². The van der Waals surface area contributed by atoms with Crippen LogP contribution in [0.1, 0.15) is 41.1 Å². The molecular formula is C24H21F3N6. The molecule has 1 aliphatic rings. The number of imidazole rings is 1. The molecule has 1 atom stereocenters. The fourth-order valence-corrected chi connectivity index (χ4v) is 4.55. The van der Waals surface area contributed by atoms with Gasteiger partial charge in [-0.2, -0.15) is 13.2 Å². The van der Waals surface area contributed by atoms with Crippen LogP contribution in [0.15, 0.2) is 55.6 Å². The smallest absolute Gasteiger partial charge is 0.336 e. The van der Waals surface area contributed by atoms with Gasteiger partial charge in [0.05, 0.1) is 12.0 Å². The monoisotopic (exact) mass is 450 g/mol. The highest BCUT2D eigenvalue weighted by molar-refractivity contribution is 5.67. The number of alkyl halides is 3. The van der Waals surface area contributed by atoms with E-state index < -0.39 is 11.9 Å². The molecule has 0 fully saturated rings. The Morgan fingerprint density at radius 2 is 2.06 bits per heavy atom. The molecule has 0 aliphatic heterocycles. The molecule has 0 amide bonds. The number of benzene rings is 1. The van der Waals surface area contributed by atoms with Gasteiger partial charge in [0.1, 0.15) is 11.4 Å². The zero-order valence-corrected chi connectivity index (χ0v) is 17.7. The van der Waals surface area contributed by atoms with Crippen LogP contribution in [0.2, 0.25) is 0 Å². The number of halogens is 3. The largest absolute Gasteiger partial charge is 0.435 e. The van der Waals surface area contributed by atoms with Gasteiger partial charge in [0, 0.05) is 30.4 Å². The number of hydrogen-bond donors (Lipinski definition) is 1. The average Bonchev–Trinajstić information content (AvgIpc) is 3.49. The number of rotatable bonds is 5. The number of aromatic nitrogens is 6.